The molecule has 2 unspecified atom stereocenters. The fourth-order valence-corrected chi connectivity index (χ4v) is 2.37. The molecule has 0 radical (unpaired) electrons. The second-order valence-electron chi connectivity index (χ2n) is 5.57. The Morgan fingerprint density at radius 1 is 1.26 bits per heavy atom. The standard InChI is InChI=1S/C14H25NO4/c1-10(2)6-8-19-9-7-15-13(16)11-4-3-5-12(11)14(17)18/h10-12H,3-9H2,1-2H3,(H,15,16)(H,17,18). The van der Waals surface area contributed by atoms with Crippen LogP contribution < -0.4 is 5.32 Å². The molecular weight excluding hydrogens is 246 g/mol. The lowest BCUT2D eigenvalue weighted by molar-refractivity contribution is -0.146. The average Bonchev–Trinajstić information content (AvgIpc) is 2.82. The van der Waals surface area contributed by atoms with Gasteiger partial charge in [0.15, 0.2) is 0 Å². The first kappa shape index (κ1) is 16.0. The summed E-state index contributed by atoms with van der Waals surface area (Å²) in [6, 6.07) is 0. The summed E-state index contributed by atoms with van der Waals surface area (Å²) in [7, 11) is 0. The van der Waals surface area contributed by atoms with Crippen molar-refractivity contribution in [2.24, 2.45) is 17.8 Å². The zero-order valence-corrected chi connectivity index (χ0v) is 11.9. The fraction of sp³-hybridized carbons (Fsp3) is 0.857. The second kappa shape index (κ2) is 8.15. The molecule has 5 nitrogen and oxygen atoms in total. The van der Waals surface area contributed by atoms with Gasteiger partial charge in [-0.05, 0) is 25.2 Å². The SMILES string of the molecule is CC(C)CCOCCNC(=O)C1CCCC1C(=O)O. The van der Waals surface area contributed by atoms with Gasteiger partial charge in [-0.2, -0.15) is 0 Å². The van der Waals surface area contributed by atoms with Crippen LogP contribution in [0.25, 0.3) is 0 Å². The number of carboxylic acids is 1. The summed E-state index contributed by atoms with van der Waals surface area (Å²) in [5.41, 5.74) is 0. The summed E-state index contributed by atoms with van der Waals surface area (Å²) in [5.74, 6) is -1.26. The summed E-state index contributed by atoms with van der Waals surface area (Å²) in [5, 5.41) is 11.8. The molecule has 0 aromatic carbocycles. The highest BCUT2D eigenvalue weighted by Gasteiger charge is 2.37. The van der Waals surface area contributed by atoms with Crippen molar-refractivity contribution in [3.63, 3.8) is 0 Å². The Kier molecular flexibility index (Phi) is 6.84. The van der Waals surface area contributed by atoms with Gasteiger partial charge in [-0.25, -0.2) is 0 Å². The summed E-state index contributed by atoms with van der Waals surface area (Å²) in [4.78, 5) is 22.9. The van der Waals surface area contributed by atoms with Gasteiger partial charge < -0.3 is 15.2 Å². The molecule has 1 saturated carbocycles. The van der Waals surface area contributed by atoms with Gasteiger partial charge in [0.2, 0.25) is 5.91 Å². The monoisotopic (exact) mass is 271 g/mol. The maximum Gasteiger partial charge on any atom is 0.307 e. The molecular formula is C14H25NO4. The molecule has 110 valence electrons. The van der Waals surface area contributed by atoms with Crippen LogP contribution in [0.3, 0.4) is 0 Å². The van der Waals surface area contributed by atoms with Crippen LogP contribution in [0.1, 0.15) is 39.5 Å². The Bertz CT molecular complexity index is 304. The maximum absolute atomic E-state index is 11.9. The van der Waals surface area contributed by atoms with Crippen LogP contribution in [0.4, 0.5) is 0 Å². The average molecular weight is 271 g/mol. The number of hydrogen-bond donors (Lipinski definition) is 2. The molecule has 1 amide bonds. The van der Waals surface area contributed by atoms with Crippen molar-refractivity contribution in [2.75, 3.05) is 19.8 Å². The third-order valence-corrected chi connectivity index (χ3v) is 3.56. The molecule has 0 aromatic rings. The van der Waals surface area contributed by atoms with Gasteiger partial charge in [0, 0.05) is 13.2 Å². The molecule has 1 aliphatic rings. The lowest BCUT2D eigenvalue weighted by Gasteiger charge is -2.15. The third-order valence-electron chi connectivity index (χ3n) is 3.56. The minimum absolute atomic E-state index is 0.141. The first-order valence-electron chi connectivity index (χ1n) is 7.10. The van der Waals surface area contributed by atoms with E-state index in [2.05, 4.69) is 19.2 Å². The minimum Gasteiger partial charge on any atom is -0.481 e. The summed E-state index contributed by atoms with van der Waals surface area (Å²) < 4.78 is 5.40. The molecule has 0 saturated heterocycles. The van der Waals surface area contributed by atoms with Gasteiger partial charge in [0.25, 0.3) is 0 Å². The maximum atomic E-state index is 11.9. The zero-order chi connectivity index (χ0) is 14.3. The van der Waals surface area contributed by atoms with E-state index in [9.17, 15) is 9.59 Å². The molecule has 0 bridgehead atoms. The van der Waals surface area contributed by atoms with Gasteiger partial charge in [-0.3, -0.25) is 9.59 Å². The van der Waals surface area contributed by atoms with E-state index in [1.54, 1.807) is 0 Å². The normalized spacial score (nSPS) is 22.7. The van der Waals surface area contributed by atoms with E-state index in [-0.39, 0.29) is 11.8 Å². The predicted molar refractivity (Wildman–Crippen MR) is 71.8 cm³/mol. The number of ether oxygens (including phenoxy) is 1. The molecule has 0 heterocycles. The van der Waals surface area contributed by atoms with Gasteiger partial charge in [-0.15, -0.1) is 0 Å². The highest BCUT2D eigenvalue weighted by molar-refractivity contribution is 5.85. The molecule has 1 fully saturated rings. The number of aliphatic carboxylic acids is 1. The number of carbonyl (C=O) groups excluding carboxylic acids is 1. The Labute approximate surface area is 114 Å². The molecule has 1 aliphatic carbocycles. The van der Waals surface area contributed by atoms with E-state index in [4.69, 9.17) is 9.84 Å². The fourth-order valence-electron chi connectivity index (χ4n) is 2.37. The third kappa shape index (κ3) is 5.59. The number of carboxylic acid groups (broad SMARTS) is 1. The van der Waals surface area contributed by atoms with Crippen molar-refractivity contribution in [1.29, 1.82) is 0 Å². The van der Waals surface area contributed by atoms with Gasteiger partial charge in [0.1, 0.15) is 0 Å². The summed E-state index contributed by atoms with van der Waals surface area (Å²) >= 11 is 0. The molecule has 2 atom stereocenters. The molecule has 0 spiro atoms. The first-order chi connectivity index (χ1) is 9.02. The van der Waals surface area contributed by atoms with Crippen LogP contribution in [0, 0.1) is 17.8 Å². The van der Waals surface area contributed by atoms with Crippen molar-refractivity contribution in [3.8, 4) is 0 Å². The topological polar surface area (TPSA) is 75.6 Å². The quantitative estimate of drug-likeness (QED) is 0.658. The molecule has 1 rings (SSSR count). The smallest absolute Gasteiger partial charge is 0.307 e. The van der Waals surface area contributed by atoms with Crippen molar-refractivity contribution < 1.29 is 19.4 Å². The number of hydrogen-bond acceptors (Lipinski definition) is 3. The predicted octanol–water partition coefficient (Wildman–Crippen LogP) is 1.67. The van der Waals surface area contributed by atoms with Crippen LogP contribution in [-0.2, 0) is 14.3 Å². The lowest BCUT2D eigenvalue weighted by atomic mass is 9.95. The van der Waals surface area contributed by atoms with Gasteiger partial charge in [0.05, 0.1) is 18.4 Å². The van der Waals surface area contributed by atoms with E-state index in [0.717, 1.165) is 12.8 Å². The van der Waals surface area contributed by atoms with Gasteiger partial charge >= 0.3 is 5.97 Å². The van der Waals surface area contributed by atoms with Crippen LogP contribution >= 0.6 is 0 Å². The Hall–Kier alpha value is -1.10. The number of amides is 1. The minimum atomic E-state index is -0.856. The van der Waals surface area contributed by atoms with E-state index >= 15 is 0 Å². The van der Waals surface area contributed by atoms with Crippen LogP contribution in [0.15, 0.2) is 0 Å². The Morgan fingerprint density at radius 2 is 1.95 bits per heavy atom. The molecule has 5 heteroatoms. The largest absolute Gasteiger partial charge is 0.481 e. The van der Waals surface area contributed by atoms with Crippen molar-refractivity contribution in [1.82, 2.24) is 5.32 Å². The zero-order valence-electron chi connectivity index (χ0n) is 11.9. The highest BCUT2D eigenvalue weighted by Crippen LogP contribution is 2.31. The number of rotatable bonds is 8. The van der Waals surface area contributed by atoms with Crippen molar-refractivity contribution in [3.05, 3.63) is 0 Å². The number of nitrogens with one attached hydrogen (secondary N) is 1. The van der Waals surface area contributed by atoms with E-state index in [1.807, 2.05) is 0 Å². The van der Waals surface area contributed by atoms with Crippen LogP contribution in [-0.4, -0.2) is 36.7 Å². The Balaban J connectivity index is 2.15. The highest BCUT2D eigenvalue weighted by atomic mass is 16.5. The summed E-state index contributed by atoms with van der Waals surface area (Å²) in [6.45, 7) is 5.92. The first-order valence-corrected chi connectivity index (χ1v) is 7.10. The summed E-state index contributed by atoms with van der Waals surface area (Å²) in [6.07, 6.45) is 3.12. The Morgan fingerprint density at radius 3 is 2.58 bits per heavy atom. The van der Waals surface area contributed by atoms with Gasteiger partial charge in [-0.1, -0.05) is 20.3 Å². The molecule has 19 heavy (non-hydrogen) atoms. The van der Waals surface area contributed by atoms with E-state index in [1.165, 1.54) is 0 Å². The second-order valence-corrected chi connectivity index (χ2v) is 5.57. The van der Waals surface area contributed by atoms with Crippen LogP contribution in [0.5, 0.6) is 0 Å². The molecule has 0 aromatic heterocycles. The van der Waals surface area contributed by atoms with Crippen LogP contribution in [0.2, 0.25) is 0 Å². The lowest BCUT2D eigenvalue weighted by Crippen LogP contribution is -2.36. The van der Waals surface area contributed by atoms with Crippen molar-refractivity contribution >= 4 is 11.9 Å². The van der Waals surface area contributed by atoms with E-state index in [0.29, 0.717) is 38.5 Å². The van der Waals surface area contributed by atoms with Crippen molar-refractivity contribution in [2.45, 2.75) is 39.5 Å². The molecule has 0 aliphatic heterocycles. The number of carbonyl (C=O) groups is 2. The van der Waals surface area contributed by atoms with E-state index < -0.39 is 11.9 Å². The molecule has 2 N–H and O–H groups in total.